The molecular weight excluding hydrogens is 388 g/mol. The molecule has 4 rings (SSSR count). The van der Waals surface area contributed by atoms with Gasteiger partial charge in [-0.15, -0.1) is 0 Å². The minimum absolute atomic E-state index is 0.00490. The van der Waals surface area contributed by atoms with Gasteiger partial charge in [0.25, 0.3) is 0 Å². The number of benzene rings is 1. The molecule has 2 fully saturated rings. The number of allylic oxidation sites excluding steroid dienone is 1. The number of phenolic OH excluding ortho intramolecular Hbond substituents is 2. The summed E-state index contributed by atoms with van der Waals surface area (Å²) in [4.78, 5) is 12.6. The fraction of sp³-hybridized carbons (Fsp3) is 0.609. The lowest BCUT2D eigenvalue weighted by molar-refractivity contribution is -0.261. The quantitative estimate of drug-likeness (QED) is 0.375. The van der Waals surface area contributed by atoms with Crippen molar-refractivity contribution in [3.05, 3.63) is 34.9 Å². The van der Waals surface area contributed by atoms with Crippen LogP contribution in [0.1, 0.15) is 49.5 Å². The van der Waals surface area contributed by atoms with E-state index in [1.165, 1.54) is 6.07 Å². The normalized spacial score (nSPS) is 38.8. The van der Waals surface area contributed by atoms with E-state index in [1.54, 1.807) is 6.92 Å². The maximum Gasteiger partial charge on any atom is 0.342 e. The monoisotopic (exact) mass is 418 g/mol. The van der Waals surface area contributed by atoms with Crippen molar-refractivity contribution >= 4 is 5.97 Å². The second kappa shape index (κ2) is 6.45. The van der Waals surface area contributed by atoms with Gasteiger partial charge >= 0.3 is 5.97 Å². The zero-order chi connectivity index (χ0) is 22.2. The standard InChI is InChI=1S/C23H30O7/c1-11-5-14(24)7-15(25)17(11)20(28)30-10-13-6-12-8-21(2,3)19(27)18(12)22(4)9-16(26)23(13,22)29/h5-7,12,16,18-19,24-27,29H,8-10H2,1-4H3/t12?,16-,18?,19-,22-,23+/m1/s1. The second-order valence-electron chi connectivity index (χ2n) is 10.2. The summed E-state index contributed by atoms with van der Waals surface area (Å²) in [5.74, 6) is -1.51. The van der Waals surface area contributed by atoms with E-state index in [2.05, 4.69) is 0 Å². The predicted molar refractivity (Wildman–Crippen MR) is 108 cm³/mol. The number of esters is 1. The van der Waals surface area contributed by atoms with Crippen LogP contribution in [0.2, 0.25) is 0 Å². The lowest BCUT2D eigenvalue weighted by atomic mass is 9.44. The third-order valence-electron chi connectivity index (χ3n) is 7.84. The van der Waals surface area contributed by atoms with Gasteiger partial charge in [-0.1, -0.05) is 26.8 Å². The molecule has 0 bridgehead atoms. The van der Waals surface area contributed by atoms with Gasteiger partial charge in [-0.05, 0) is 48.3 Å². The summed E-state index contributed by atoms with van der Waals surface area (Å²) in [5, 5.41) is 52.5. The van der Waals surface area contributed by atoms with Gasteiger partial charge in [-0.25, -0.2) is 4.79 Å². The smallest absolute Gasteiger partial charge is 0.342 e. The van der Waals surface area contributed by atoms with Crippen LogP contribution >= 0.6 is 0 Å². The van der Waals surface area contributed by atoms with Gasteiger partial charge in [0, 0.05) is 17.4 Å². The number of aliphatic hydroxyl groups excluding tert-OH is 2. The summed E-state index contributed by atoms with van der Waals surface area (Å²) in [6.07, 6.45) is 1.33. The Morgan fingerprint density at radius 1 is 1.17 bits per heavy atom. The van der Waals surface area contributed by atoms with Crippen LogP contribution in [-0.2, 0) is 4.74 Å². The maximum absolute atomic E-state index is 12.6. The Bertz CT molecular complexity index is 912. The number of aliphatic hydroxyl groups is 3. The molecule has 7 nitrogen and oxygen atoms in total. The molecule has 164 valence electrons. The highest BCUT2D eigenvalue weighted by Gasteiger charge is 2.73. The molecule has 5 N–H and O–H groups in total. The van der Waals surface area contributed by atoms with Crippen molar-refractivity contribution < 1.29 is 35.1 Å². The largest absolute Gasteiger partial charge is 0.508 e. The highest BCUT2D eigenvalue weighted by atomic mass is 16.5. The Balaban J connectivity index is 1.63. The van der Waals surface area contributed by atoms with E-state index >= 15 is 0 Å². The first-order valence-corrected chi connectivity index (χ1v) is 10.3. The van der Waals surface area contributed by atoms with Crippen molar-refractivity contribution in [1.29, 1.82) is 0 Å². The molecule has 0 spiro atoms. The lowest BCUT2D eigenvalue weighted by Gasteiger charge is -2.65. The molecule has 2 unspecified atom stereocenters. The summed E-state index contributed by atoms with van der Waals surface area (Å²) in [7, 11) is 0. The van der Waals surface area contributed by atoms with Crippen molar-refractivity contribution in [3.8, 4) is 11.5 Å². The Morgan fingerprint density at radius 3 is 2.43 bits per heavy atom. The molecule has 30 heavy (non-hydrogen) atoms. The minimum atomic E-state index is -1.58. The fourth-order valence-corrected chi connectivity index (χ4v) is 6.26. The summed E-state index contributed by atoms with van der Waals surface area (Å²) in [6, 6.07) is 2.42. The number of phenols is 2. The number of aromatic hydroxyl groups is 2. The zero-order valence-electron chi connectivity index (χ0n) is 17.7. The van der Waals surface area contributed by atoms with Crippen LogP contribution in [0.25, 0.3) is 0 Å². The van der Waals surface area contributed by atoms with Crippen molar-refractivity contribution in [1.82, 2.24) is 0 Å². The van der Waals surface area contributed by atoms with Gasteiger partial charge < -0.3 is 30.3 Å². The summed E-state index contributed by atoms with van der Waals surface area (Å²) < 4.78 is 5.43. The Morgan fingerprint density at radius 2 is 1.83 bits per heavy atom. The molecule has 1 aromatic carbocycles. The van der Waals surface area contributed by atoms with Crippen LogP contribution in [0.3, 0.4) is 0 Å². The Hall–Kier alpha value is -2.09. The molecule has 0 aromatic heterocycles. The highest BCUT2D eigenvalue weighted by molar-refractivity contribution is 5.94. The molecule has 3 aliphatic rings. The first-order chi connectivity index (χ1) is 13.8. The minimum Gasteiger partial charge on any atom is -0.508 e. The lowest BCUT2D eigenvalue weighted by Crippen LogP contribution is -2.73. The molecule has 0 radical (unpaired) electrons. The fourth-order valence-electron chi connectivity index (χ4n) is 6.26. The highest BCUT2D eigenvalue weighted by Crippen LogP contribution is 2.68. The first-order valence-electron chi connectivity index (χ1n) is 10.3. The third kappa shape index (κ3) is 2.65. The van der Waals surface area contributed by atoms with Crippen molar-refractivity contribution in [2.24, 2.45) is 22.7 Å². The van der Waals surface area contributed by atoms with E-state index in [9.17, 15) is 30.3 Å². The van der Waals surface area contributed by atoms with Crippen molar-refractivity contribution in [2.45, 2.75) is 58.3 Å². The molecular formula is C23H30O7. The van der Waals surface area contributed by atoms with Crippen LogP contribution in [0, 0.1) is 29.6 Å². The summed E-state index contributed by atoms with van der Waals surface area (Å²) >= 11 is 0. The second-order valence-corrected chi connectivity index (χ2v) is 10.2. The van der Waals surface area contributed by atoms with Crippen LogP contribution < -0.4 is 0 Å². The van der Waals surface area contributed by atoms with E-state index < -0.39 is 29.2 Å². The van der Waals surface area contributed by atoms with Crippen LogP contribution in [0.15, 0.2) is 23.8 Å². The number of hydrogen-bond donors (Lipinski definition) is 5. The predicted octanol–water partition coefficient (Wildman–Crippen LogP) is 2.03. The van der Waals surface area contributed by atoms with Crippen molar-refractivity contribution in [3.63, 3.8) is 0 Å². The molecule has 0 aliphatic heterocycles. The van der Waals surface area contributed by atoms with Gasteiger partial charge in [0.2, 0.25) is 0 Å². The summed E-state index contributed by atoms with van der Waals surface area (Å²) in [5.41, 5.74) is -1.89. The van der Waals surface area contributed by atoms with E-state index in [-0.39, 0.29) is 40.9 Å². The van der Waals surface area contributed by atoms with Crippen LogP contribution in [-0.4, -0.2) is 55.9 Å². The molecule has 7 heteroatoms. The first kappa shape index (κ1) is 21.2. The maximum atomic E-state index is 12.6. The topological polar surface area (TPSA) is 127 Å². The van der Waals surface area contributed by atoms with E-state index in [0.717, 1.165) is 12.5 Å². The Kier molecular flexibility index (Phi) is 4.55. The molecule has 0 heterocycles. The van der Waals surface area contributed by atoms with Crippen LogP contribution in [0.5, 0.6) is 11.5 Å². The number of carbonyl (C=O) groups excluding carboxylic acids is 1. The van der Waals surface area contributed by atoms with Gasteiger partial charge in [0.1, 0.15) is 29.3 Å². The number of carbonyl (C=O) groups is 1. The SMILES string of the molecule is Cc1cc(O)cc(O)c1C(=O)OCC1=CC2CC(C)(C)[C@H](O)C2[C@@]2(C)C[C@@H](O)[C@@]12O. The average molecular weight is 418 g/mol. The number of fused-ring (bicyclic) bond motifs is 3. The molecule has 2 saturated carbocycles. The average Bonchev–Trinajstić information content (AvgIpc) is 2.85. The van der Waals surface area contributed by atoms with E-state index in [4.69, 9.17) is 4.74 Å². The molecule has 6 atom stereocenters. The van der Waals surface area contributed by atoms with Gasteiger partial charge in [0.05, 0.1) is 12.2 Å². The van der Waals surface area contributed by atoms with E-state index in [1.807, 2.05) is 26.8 Å². The Labute approximate surface area is 175 Å². The zero-order valence-corrected chi connectivity index (χ0v) is 17.7. The number of rotatable bonds is 3. The van der Waals surface area contributed by atoms with Crippen LogP contribution in [0.4, 0.5) is 0 Å². The number of aryl methyl sites for hydroxylation is 1. The molecule has 0 amide bonds. The number of ether oxygens (including phenoxy) is 1. The van der Waals surface area contributed by atoms with Gasteiger partial charge in [0.15, 0.2) is 0 Å². The van der Waals surface area contributed by atoms with E-state index in [0.29, 0.717) is 17.6 Å². The van der Waals surface area contributed by atoms with Gasteiger partial charge in [-0.2, -0.15) is 0 Å². The molecule has 1 aromatic rings. The summed E-state index contributed by atoms with van der Waals surface area (Å²) in [6.45, 7) is 7.21. The number of hydrogen-bond acceptors (Lipinski definition) is 7. The van der Waals surface area contributed by atoms with Gasteiger partial charge in [-0.3, -0.25) is 0 Å². The molecule has 0 saturated heterocycles. The van der Waals surface area contributed by atoms with Crippen molar-refractivity contribution in [2.75, 3.05) is 6.61 Å². The molecule has 3 aliphatic carbocycles. The third-order valence-corrected chi connectivity index (χ3v) is 7.84.